The zero-order valence-corrected chi connectivity index (χ0v) is 9.67. The molecule has 0 saturated carbocycles. The van der Waals surface area contributed by atoms with Crippen molar-refractivity contribution in [2.24, 2.45) is 5.73 Å². The molecule has 0 aromatic heterocycles. The lowest BCUT2D eigenvalue weighted by Gasteiger charge is -2.30. The van der Waals surface area contributed by atoms with Crippen LogP contribution in [0, 0.1) is 0 Å². The van der Waals surface area contributed by atoms with Crippen LogP contribution in [0.3, 0.4) is 0 Å². The van der Waals surface area contributed by atoms with Gasteiger partial charge < -0.3 is 21.1 Å². The van der Waals surface area contributed by atoms with Crippen LogP contribution in [0.15, 0.2) is 0 Å². The van der Waals surface area contributed by atoms with Gasteiger partial charge in [-0.05, 0) is 33.7 Å². The average molecular weight is 215 g/mol. The number of ether oxygens (including phenoxy) is 1. The standard InChI is InChI=1S/C10H21N3O2/c1-10(2,3)15-9(14)13-8-4-5-12-6-7(8)11/h7-8,12H,4-6,11H2,1-3H3,(H,13,14)/t7-,8+/m1/s1. The summed E-state index contributed by atoms with van der Waals surface area (Å²) in [5, 5.41) is 5.97. The highest BCUT2D eigenvalue weighted by Crippen LogP contribution is 2.08. The van der Waals surface area contributed by atoms with Crippen molar-refractivity contribution in [2.75, 3.05) is 13.1 Å². The van der Waals surface area contributed by atoms with Gasteiger partial charge in [-0.2, -0.15) is 0 Å². The number of rotatable bonds is 1. The molecule has 1 amide bonds. The summed E-state index contributed by atoms with van der Waals surface area (Å²) < 4.78 is 5.16. The zero-order valence-electron chi connectivity index (χ0n) is 9.67. The Morgan fingerprint density at radius 3 is 2.73 bits per heavy atom. The largest absolute Gasteiger partial charge is 0.444 e. The van der Waals surface area contributed by atoms with E-state index in [1.165, 1.54) is 0 Å². The third-order valence-corrected chi connectivity index (χ3v) is 2.23. The van der Waals surface area contributed by atoms with Gasteiger partial charge in [0.1, 0.15) is 5.60 Å². The maximum Gasteiger partial charge on any atom is 0.407 e. The lowest BCUT2D eigenvalue weighted by molar-refractivity contribution is 0.0488. The first kappa shape index (κ1) is 12.3. The molecule has 5 heteroatoms. The molecule has 0 spiro atoms. The Kier molecular flexibility index (Phi) is 3.93. The highest BCUT2D eigenvalue weighted by molar-refractivity contribution is 5.68. The summed E-state index contributed by atoms with van der Waals surface area (Å²) in [7, 11) is 0. The number of nitrogens with one attached hydrogen (secondary N) is 2. The van der Waals surface area contributed by atoms with E-state index in [1.807, 2.05) is 20.8 Å². The number of alkyl carbamates (subject to hydrolysis) is 1. The van der Waals surface area contributed by atoms with Gasteiger partial charge in [-0.25, -0.2) is 4.79 Å². The van der Waals surface area contributed by atoms with E-state index in [1.54, 1.807) is 0 Å². The molecule has 1 aliphatic heterocycles. The fraction of sp³-hybridized carbons (Fsp3) is 0.900. The van der Waals surface area contributed by atoms with E-state index in [4.69, 9.17) is 10.5 Å². The minimum absolute atomic E-state index is 0.0149. The summed E-state index contributed by atoms with van der Waals surface area (Å²) >= 11 is 0. The smallest absolute Gasteiger partial charge is 0.407 e. The third kappa shape index (κ3) is 4.48. The van der Waals surface area contributed by atoms with Gasteiger partial charge in [0.25, 0.3) is 0 Å². The monoisotopic (exact) mass is 215 g/mol. The first-order valence-electron chi connectivity index (χ1n) is 5.34. The van der Waals surface area contributed by atoms with Crippen LogP contribution >= 0.6 is 0 Å². The molecule has 0 bridgehead atoms. The van der Waals surface area contributed by atoms with Gasteiger partial charge >= 0.3 is 6.09 Å². The topological polar surface area (TPSA) is 76.4 Å². The van der Waals surface area contributed by atoms with E-state index < -0.39 is 5.60 Å². The molecule has 1 rings (SSSR count). The molecule has 0 unspecified atom stereocenters. The Labute approximate surface area is 90.7 Å². The summed E-state index contributed by atoms with van der Waals surface area (Å²) in [6.07, 6.45) is 0.463. The summed E-state index contributed by atoms with van der Waals surface area (Å²) in [6, 6.07) is -0.0210. The second-order valence-electron chi connectivity index (χ2n) is 4.91. The van der Waals surface area contributed by atoms with E-state index in [-0.39, 0.29) is 18.2 Å². The summed E-state index contributed by atoms with van der Waals surface area (Å²) in [5.74, 6) is 0. The summed E-state index contributed by atoms with van der Waals surface area (Å²) in [4.78, 5) is 11.5. The van der Waals surface area contributed by atoms with Crippen molar-refractivity contribution >= 4 is 6.09 Å². The van der Waals surface area contributed by atoms with E-state index in [2.05, 4.69) is 10.6 Å². The van der Waals surface area contributed by atoms with Gasteiger partial charge in [-0.3, -0.25) is 0 Å². The normalized spacial score (nSPS) is 27.2. The van der Waals surface area contributed by atoms with Crippen molar-refractivity contribution in [3.05, 3.63) is 0 Å². The second kappa shape index (κ2) is 4.81. The van der Waals surface area contributed by atoms with Crippen molar-refractivity contribution in [3.63, 3.8) is 0 Å². The van der Waals surface area contributed by atoms with Crippen LogP contribution in [-0.4, -0.2) is 36.9 Å². The van der Waals surface area contributed by atoms with Gasteiger partial charge in [0.05, 0.1) is 0 Å². The maximum atomic E-state index is 11.5. The molecule has 1 aliphatic rings. The molecule has 4 N–H and O–H groups in total. The number of nitrogens with two attached hydrogens (primary N) is 1. The maximum absolute atomic E-state index is 11.5. The van der Waals surface area contributed by atoms with Crippen LogP contribution in [0.25, 0.3) is 0 Å². The van der Waals surface area contributed by atoms with Crippen molar-refractivity contribution in [2.45, 2.75) is 44.9 Å². The number of carbonyl (C=O) groups excluding carboxylic acids is 1. The predicted octanol–water partition coefficient (Wildman–Crippen LogP) is 0.200. The lowest BCUT2D eigenvalue weighted by atomic mass is 10.0. The Hall–Kier alpha value is -0.810. The predicted molar refractivity (Wildman–Crippen MR) is 58.6 cm³/mol. The van der Waals surface area contributed by atoms with Crippen LogP contribution in [0.4, 0.5) is 4.79 Å². The van der Waals surface area contributed by atoms with Crippen LogP contribution in [0.5, 0.6) is 0 Å². The number of amides is 1. The molecular weight excluding hydrogens is 194 g/mol. The second-order valence-corrected chi connectivity index (χ2v) is 4.91. The molecule has 0 radical (unpaired) electrons. The fourth-order valence-corrected chi connectivity index (χ4v) is 1.52. The molecule has 88 valence electrons. The van der Waals surface area contributed by atoms with Crippen molar-refractivity contribution in [3.8, 4) is 0 Å². The summed E-state index contributed by atoms with van der Waals surface area (Å²) in [5.41, 5.74) is 5.40. The Morgan fingerprint density at radius 1 is 1.53 bits per heavy atom. The Balaban J connectivity index is 2.36. The van der Waals surface area contributed by atoms with E-state index in [0.29, 0.717) is 0 Å². The highest BCUT2D eigenvalue weighted by atomic mass is 16.6. The Morgan fingerprint density at radius 2 is 2.20 bits per heavy atom. The van der Waals surface area contributed by atoms with Crippen molar-refractivity contribution in [1.82, 2.24) is 10.6 Å². The first-order valence-corrected chi connectivity index (χ1v) is 5.34. The quantitative estimate of drug-likeness (QED) is 0.584. The molecule has 2 atom stereocenters. The molecule has 0 aromatic rings. The minimum atomic E-state index is -0.457. The van der Waals surface area contributed by atoms with E-state index in [0.717, 1.165) is 19.5 Å². The zero-order chi connectivity index (χ0) is 11.5. The molecule has 15 heavy (non-hydrogen) atoms. The van der Waals surface area contributed by atoms with E-state index in [9.17, 15) is 4.79 Å². The Bertz CT molecular complexity index is 225. The SMILES string of the molecule is CC(C)(C)OC(=O)N[C@H]1CCNC[C@H]1N. The molecule has 1 fully saturated rings. The lowest BCUT2D eigenvalue weighted by Crippen LogP contribution is -2.57. The fourth-order valence-electron chi connectivity index (χ4n) is 1.52. The average Bonchev–Trinajstić information content (AvgIpc) is 2.05. The number of carbonyl (C=O) groups is 1. The van der Waals surface area contributed by atoms with Crippen LogP contribution in [-0.2, 0) is 4.74 Å². The van der Waals surface area contributed by atoms with Gasteiger partial charge in [0, 0.05) is 18.6 Å². The van der Waals surface area contributed by atoms with Gasteiger partial charge in [-0.15, -0.1) is 0 Å². The molecule has 0 aliphatic carbocycles. The first-order chi connectivity index (χ1) is 6.88. The third-order valence-electron chi connectivity index (χ3n) is 2.23. The van der Waals surface area contributed by atoms with Crippen molar-refractivity contribution < 1.29 is 9.53 Å². The molecule has 1 saturated heterocycles. The number of hydrogen-bond donors (Lipinski definition) is 3. The van der Waals surface area contributed by atoms with Gasteiger partial charge in [-0.1, -0.05) is 0 Å². The van der Waals surface area contributed by atoms with Crippen LogP contribution in [0.1, 0.15) is 27.2 Å². The minimum Gasteiger partial charge on any atom is -0.444 e. The summed E-state index contributed by atoms with van der Waals surface area (Å²) in [6.45, 7) is 7.15. The number of hydrogen-bond acceptors (Lipinski definition) is 4. The van der Waals surface area contributed by atoms with Gasteiger partial charge in [0.15, 0.2) is 0 Å². The van der Waals surface area contributed by atoms with Crippen LogP contribution in [0.2, 0.25) is 0 Å². The number of piperidine rings is 1. The molecule has 1 heterocycles. The molecule has 0 aromatic carbocycles. The van der Waals surface area contributed by atoms with E-state index >= 15 is 0 Å². The molecular formula is C10H21N3O2. The molecule has 5 nitrogen and oxygen atoms in total. The van der Waals surface area contributed by atoms with Crippen molar-refractivity contribution in [1.29, 1.82) is 0 Å². The van der Waals surface area contributed by atoms with Gasteiger partial charge in [0.2, 0.25) is 0 Å². The van der Waals surface area contributed by atoms with Crippen LogP contribution < -0.4 is 16.4 Å². The highest BCUT2D eigenvalue weighted by Gasteiger charge is 2.25.